The van der Waals surface area contributed by atoms with E-state index in [-0.39, 0.29) is 10.9 Å². The van der Waals surface area contributed by atoms with Crippen molar-refractivity contribution in [2.75, 3.05) is 0 Å². The molecule has 2 rings (SSSR count). The van der Waals surface area contributed by atoms with E-state index in [0.717, 1.165) is 11.1 Å². The van der Waals surface area contributed by atoms with Gasteiger partial charge in [0.1, 0.15) is 13.9 Å². The molecule has 0 saturated carbocycles. The molecule has 102 valence electrons. The van der Waals surface area contributed by atoms with Crippen molar-refractivity contribution in [2.45, 2.75) is 38.9 Å². The van der Waals surface area contributed by atoms with Crippen LogP contribution < -0.4 is 5.45 Å². The summed E-state index contributed by atoms with van der Waals surface area (Å²) in [5.41, 5.74) is 2.10. The van der Waals surface area contributed by atoms with E-state index >= 15 is 0 Å². The highest BCUT2D eigenvalue weighted by atomic mass is 28.3. The molecule has 0 radical (unpaired) electrons. The Bertz CT molecular complexity index is 565. The summed E-state index contributed by atoms with van der Waals surface area (Å²) < 4.78 is 15.1. The van der Waals surface area contributed by atoms with Gasteiger partial charge in [0.25, 0.3) is 0 Å². The minimum atomic E-state index is -1.71. The zero-order chi connectivity index (χ0) is 14.3. The first-order valence-corrected chi connectivity index (χ1v) is 9.53. The molecule has 0 unspecified atom stereocenters. The summed E-state index contributed by atoms with van der Waals surface area (Å²) in [5, 5.41) is 0.218. The number of hydrogen-bond acceptors (Lipinski definition) is 1. The number of imidazole rings is 1. The van der Waals surface area contributed by atoms with Gasteiger partial charge in [0.05, 0.1) is 5.45 Å². The van der Waals surface area contributed by atoms with E-state index in [1.165, 1.54) is 12.1 Å². The van der Waals surface area contributed by atoms with Crippen molar-refractivity contribution >= 4 is 13.5 Å². The van der Waals surface area contributed by atoms with Crippen LogP contribution in [0, 0.1) is 5.82 Å². The van der Waals surface area contributed by atoms with Gasteiger partial charge < -0.3 is 4.57 Å². The van der Waals surface area contributed by atoms with Crippen molar-refractivity contribution in [3.8, 4) is 5.69 Å². The van der Waals surface area contributed by atoms with Crippen molar-refractivity contribution in [1.29, 1.82) is 0 Å². The number of halogens is 1. The first kappa shape index (κ1) is 14.0. The van der Waals surface area contributed by atoms with Gasteiger partial charge in [-0.2, -0.15) is 0 Å². The van der Waals surface area contributed by atoms with Gasteiger partial charge in [0, 0.05) is 18.1 Å². The lowest BCUT2D eigenvalue weighted by Gasteiger charge is -2.36. The van der Waals surface area contributed by atoms with Gasteiger partial charge in [-0.3, -0.25) is 0 Å². The van der Waals surface area contributed by atoms with Crippen LogP contribution in [0.25, 0.3) is 5.69 Å². The topological polar surface area (TPSA) is 17.8 Å². The number of rotatable bonds is 2. The van der Waals surface area contributed by atoms with Gasteiger partial charge in [-0.25, -0.2) is 9.37 Å². The highest BCUT2D eigenvalue weighted by Crippen LogP contribution is 2.35. The molecule has 0 amide bonds. The second-order valence-electron chi connectivity index (χ2n) is 6.47. The number of aromatic nitrogens is 2. The smallest absolute Gasteiger partial charge is 0.132 e. The molecule has 2 aromatic rings. The molecule has 0 N–H and O–H groups in total. The highest BCUT2D eigenvalue weighted by Gasteiger charge is 2.40. The third-order valence-electron chi connectivity index (χ3n) is 4.18. The van der Waals surface area contributed by atoms with E-state index in [1.54, 1.807) is 12.1 Å². The fraction of sp³-hybridized carbons (Fsp3) is 0.400. The summed E-state index contributed by atoms with van der Waals surface area (Å²) in [7, 11) is -1.71. The second-order valence-corrected chi connectivity index (χ2v) is 11.7. The summed E-state index contributed by atoms with van der Waals surface area (Å²) in [5.74, 6) is -0.210. The van der Waals surface area contributed by atoms with Gasteiger partial charge in [0.2, 0.25) is 0 Å². The summed E-state index contributed by atoms with van der Waals surface area (Å²) in [6.45, 7) is 11.5. The van der Waals surface area contributed by atoms with E-state index in [1.807, 2.05) is 12.4 Å². The Morgan fingerprint density at radius 3 is 2.21 bits per heavy atom. The molecule has 1 heterocycles. The van der Waals surface area contributed by atoms with E-state index in [0.29, 0.717) is 0 Å². The zero-order valence-corrected chi connectivity index (χ0v) is 13.2. The maximum absolute atomic E-state index is 13.0. The van der Waals surface area contributed by atoms with Gasteiger partial charge in [-0.05, 0) is 29.3 Å². The molecule has 0 aliphatic heterocycles. The van der Waals surface area contributed by atoms with Crippen molar-refractivity contribution in [1.82, 2.24) is 9.55 Å². The predicted octanol–water partition coefficient (Wildman–Crippen LogP) is 3.73. The summed E-state index contributed by atoms with van der Waals surface area (Å²) in [4.78, 5) is 4.58. The Morgan fingerprint density at radius 1 is 1.11 bits per heavy atom. The van der Waals surface area contributed by atoms with E-state index in [4.69, 9.17) is 0 Å². The molecule has 0 bridgehead atoms. The third-order valence-corrected chi connectivity index (χ3v) is 9.42. The van der Waals surface area contributed by atoms with Gasteiger partial charge in [0.15, 0.2) is 0 Å². The monoisotopic (exact) mass is 276 g/mol. The van der Waals surface area contributed by atoms with Crippen molar-refractivity contribution in [3.63, 3.8) is 0 Å². The van der Waals surface area contributed by atoms with Crippen molar-refractivity contribution < 1.29 is 4.39 Å². The number of benzene rings is 1. The predicted molar refractivity (Wildman–Crippen MR) is 80.4 cm³/mol. The molecule has 4 heteroatoms. The third kappa shape index (κ3) is 2.49. The van der Waals surface area contributed by atoms with Crippen LogP contribution in [0.15, 0.2) is 36.7 Å². The summed E-state index contributed by atoms with van der Waals surface area (Å²) in [6.07, 6.45) is 3.79. The molecule has 0 saturated heterocycles. The van der Waals surface area contributed by atoms with Gasteiger partial charge in [-0.1, -0.05) is 33.9 Å². The lowest BCUT2D eigenvalue weighted by Crippen LogP contribution is -2.53. The van der Waals surface area contributed by atoms with Crippen molar-refractivity contribution in [3.05, 3.63) is 42.5 Å². The normalized spacial score (nSPS) is 12.7. The largest absolute Gasteiger partial charge is 0.308 e. The average molecular weight is 276 g/mol. The van der Waals surface area contributed by atoms with Crippen molar-refractivity contribution in [2.24, 2.45) is 0 Å². The molecule has 0 atom stereocenters. The molecule has 0 aliphatic rings. The minimum Gasteiger partial charge on any atom is -0.308 e. The Balaban J connectivity index is 2.52. The lowest BCUT2D eigenvalue weighted by atomic mass is 10.2. The molecule has 1 aromatic carbocycles. The van der Waals surface area contributed by atoms with Gasteiger partial charge >= 0.3 is 0 Å². The first-order valence-electron chi connectivity index (χ1n) is 6.53. The molecule has 2 nitrogen and oxygen atoms in total. The number of nitrogens with zero attached hydrogens (tertiary/aromatic N) is 2. The Kier molecular flexibility index (Phi) is 3.39. The fourth-order valence-corrected chi connectivity index (χ4v) is 3.79. The van der Waals surface area contributed by atoms with Crippen LogP contribution in [0.3, 0.4) is 0 Å². The van der Waals surface area contributed by atoms with E-state index in [2.05, 4.69) is 43.4 Å². The van der Waals surface area contributed by atoms with E-state index < -0.39 is 8.07 Å². The molecular formula is C15H21FN2Si. The standard InChI is InChI=1S/C15H21FN2Si/c1-15(2,3)19(4,5)14-17-10-11-18(14)13-8-6-12(16)7-9-13/h6-11H,1-5H3. The average Bonchev–Trinajstić information content (AvgIpc) is 2.78. The fourth-order valence-electron chi connectivity index (χ4n) is 1.91. The minimum absolute atomic E-state index is 0.210. The Labute approximate surface area is 115 Å². The number of hydrogen-bond donors (Lipinski definition) is 0. The highest BCUT2D eigenvalue weighted by molar-refractivity contribution is 6.91. The van der Waals surface area contributed by atoms with Crippen LogP contribution >= 0.6 is 0 Å². The second kappa shape index (κ2) is 4.60. The van der Waals surface area contributed by atoms with Crippen LogP contribution in [0.1, 0.15) is 20.8 Å². The van der Waals surface area contributed by atoms with Crippen LogP contribution in [0.2, 0.25) is 18.1 Å². The van der Waals surface area contributed by atoms with Crippen LogP contribution in [0.4, 0.5) is 4.39 Å². The van der Waals surface area contributed by atoms with Gasteiger partial charge in [-0.15, -0.1) is 0 Å². The summed E-state index contributed by atoms with van der Waals surface area (Å²) >= 11 is 0. The van der Waals surface area contributed by atoms with Crippen LogP contribution in [-0.2, 0) is 0 Å². The SMILES string of the molecule is CC(C)(C)[Si](C)(C)c1nccn1-c1ccc(F)cc1. The Hall–Kier alpha value is -1.42. The Morgan fingerprint density at radius 2 is 1.68 bits per heavy atom. The summed E-state index contributed by atoms with van der Waals surface area (Å²) in [6, 6.07) is 6.58. The molecular weight excluding hydrogens is 255 g/mol. The first-order chi connectivity index (χ1) is 8.73. The molecule has 0 spiro atoms. The van der Waals surface area contributed by atoms with E-state index in [9.17, 15) is 4.39 Å². The zero-order valence-electron chi connectivity index (χ0n) is 12.2. The molecule has 1 aromatic heterocycles. The molecule has 19 heavy (non-hydrogen) atoms. The maximum Gasteiger partial charge on any atom is 0.132 e. The lowest BCUT2D eigenvalue weighted by molar-refractivity contribution is 0.627. The maximum atomic E-state index is 13.0. The molecule has 0 fully saturated rings. The quantitative estimate of drug-likeness (QED) is 0.764. The van der Waals surface area contributed by atoms with Crippen LogP contribution in [0.5, 0.6) is 0 Å². The van der Waals surface area contributed by atoms with Crippen LogP contribution in [-0.4, -0.2) is 17.6 Å². The molecule has 0 aliphatic carbocycles.